The molecule has 0 saturated carbocycles. The van der Waals surface area contributed by atoms with Gasteiger partial charge in [-0.2, -0.15) is 0 Å². The fourth-order valence-corrected chi connectivity index (χ4v) is 2.91. The molecule has 0 aliphatic heterocycles. The molecule has 0 saturated heterocycles. The van der Waals surface area contributed by atoms with Crippen LogP contribution in [-0.4, -0.2) is 0 Å². The SMILES string of the molecule is Cc1c(CBr)cc(C(C)(C)C)cc1C(C)(C)C(C)C. The van der Waals surface area contributed by atoms with Crippen LogP contribution in [-0.2, 0) is 16.2 Å². The van der Waals surface area contributed by atoms with Crippen molar-refractivity contribution in [3.63, 3.8) is 0 Å². The molecule has 0 amide bonds. The van der Waals surface area contributed by atoms with Crippen molar-refractivity contribution in [2.45, 2.75) is 71.5 Å². The van der Waals surface area contributed by atoms with Gasteiger partial charge in [-0.05, 0) is 45.9 Å². The van der Waals surface area contributed by atoms with Crippen LogP contribution in [0.4, 0.5) is 0 Å². The summed E-state index contributed by atoms with van der Waals surface area (Å²) in [4.78, 5) is 0. The molecule has 0 radical (unpaired) electrons. The predicted octanol–water partition coefficient (Wildman–Crippen LogP) is 6.12. The molecular weight excluding hydrogens is 296 g/mol. The summed E-state index contributed by atoms with van der Waals surface area (Å²) < 4.78 is 0. The zero-order chi connectivity index (χ0) is 15.0. The van der Waals surface area contributed by atoms with Crippen molar-refractivity contribution in [3.05, 3.63) is 34.4 Å². The second-order valence-corrected chi connectivity index (χ2v) is 8.13. The molecule has 0 atom stereocenters. The van der Waals surface area contributed by atoms with Gasteiger partial charge in [-0.15, -0.1) is 0 Å². The van der Waals surface area contributed by atoms with Crippen molar-refractivity contribution in [3.8, 4) is 0 Å². The molecule has 0 unspecified atom stereocenters. The van der Waals surface area contributed by atoms with Crippen LogP contribution in [0.25, 0.3) is 0 Å². The van der Waals surface area contributed by atoms with Crippen LogP contribution in [0.5, 0.6) is 0 Å². The Balaban J connectivity index is 3.55. The van der Waals surface area contributed by atoms with Gasteiger partial charge in [-0.25, -0.2) is 0 Å². The average Bonchev–Trinajstić information content (AvgIpc) is 2.27. The van der Waals surface area contributed by atoms with Gasteiger partial charge in [0.2, 0.25) is 0 Å². The third kappa shape index (κ3) is 3.42. The highest BCUT2D eigenvalue weighted by atomic mass is 79.9. The fraction of sp³-hybridized carbons (Fsp3) is 0.667. The number of hydrogen-bond donors (Lipinski definition) is 0. The van der Waals surface area contributed by atoms with Crippen LogP contribution in [0, 0.1) is 12.8 Å². The lowest BCUT2D eigenvalue weighted by Gasteiger charge is -2.34. The lowest BCUT2D eigenvalue weighted by molar-refractivity contribution is 0.369. The standard InChI is InChI=1S/C18H29Br/c1-12(2)18(7,8)16-10-15(17(4,5)6)9-14(11-19)13(16)3/h9-10,12H,11H2,1-8H3. The van der Waals surface area contributed by atoms with E-state index in [4.69, 9.17) is 0 Å². The highest BCUT2D eigenvalue weighted by molar-refractivity contribution is 9.08. The average molecular weight is 325 g/mol. The van der Waals surface area contributed by atoms with Gasteiger partial charge in [0.25, 0.3) is 0 Å². The molecule has 1 heteroatoms. The first kappa shape index (κ1) is 16.8. The van der Waals surface area contributed by atoms with Crippen molar-refractivity contribution < 1.29 is 0 Å². The molecule has 0 aliphatic carbocycles. The lowest BCUT2D eigenvalue weighted by Crippen LogP contribution is -2.27. The summed E-state index contributed by atoms with van der Waals surface area (Å²) in [5.74, 6) is 0.629. The molecule has 1 aromatic rings. The monoisotopic (exact) mass is 324 g/mol. The Morgan fingerprint density at radius 1 is 1.05 bits per heavy atom. The van der Waals surface area contributed by atoms with E-state index in [-0.39, 0.29) is 10.8 Å². The van der Waals surface area contributed by atoms with E-state index in [9.17, 15) is 0 Å². The molecule has 0 N–H and O–H groups in total. The zero-order valence-electron chi connectivity index (χ0n) is 13.8. The summed E-state index contributed by atoms with van der Waals surface area (Å²) in [5, 5.41) is 0.934. The molecule has 0 aliphatic rings. The molecule has 108 valence electrons. The molecule has 0 fully saturated rings. The Morgan fingerprint density at radius 2 is 1.58 bits per heavy atom. The second-order valence-electron chi connectivity index (χ2n) is 7.57. The third-order valence-corrected chi connectivity index (χ3v) is 5.27. The number of rotatable bonds is 3. The summed E-state index contributed by atoms with van der Waals surface area (Å²) in [6.45, 7) is 18.5. The van der Waals surface area contributed by atoms with E-state index in [2.05, 4.69) is 83.5 Å². The van der Waals surface area contributed by atoms with Crippen LogP contribution >= 0.6 is 15.9 Å². The van der Waals surface area contributed by atoms with E-state index in [1.54, 1.807) is 0 Å². The van der Waals surface area contributed by atoms with Crippen LogP contribution < -0.4 is 0 Å². The van der Waals surface area contributed by atoms with E-state index in [0.717, 1.165) is 5.33 Å². The minimum atomic E-state index is 0.201. The van der Waals surface area contributed by atoms with E-state index in [0.29, 0.717) is 5.92 Å². The molecule has 0 spiro atoms. The molecule has 0 aromatic heterocycles. The maximum Gasteiger partial charge on any atom is 0.0285 e. The van der Waals surface area contributed by atoms with E-state index >= 15 is 0 Å². The quantitative estimate of drug-likeness (QED) is 0.587. The zero-order valence-corrected chi connectivity index (χ0v) is 15.4. The molecule has 0 nitrogen and oxygen atoms in total. The summed E-state index contributed by atoms with van der Waals surface area (Å²) in [5.41, 5.74) is 6.23. The topological polar surface area (TPSA) is 0 Å². The highest BCUT2D eigenvalue weighted by Crippen LogP contribution is 2.38. The van der Waals surface area contributed by atoms with Gasteiger partial charge in [0.05, 0.1) is 0 Å². The fourth-order valence-electron chi connectivity index (χ4n) is 2.33. The van der Waals surface area contributed by atoms with Gasteiger partial charge in [-0.3, -0.25) is 0 Å². The van der Waals surface area contributed by atoms with Crippen LogP contribution in [0.2, 0.25) is 0 Å². The van der Waals surface area contributed by atoms with Crippen LogP contribution in [0.1, 0.15) is 70.7 Å². The predicted molar refractivity (Wildman–Crippen MR) is 90.4 cm³/mol. The molecule has 1 aromatic carbocycles. The Morgan fingerprint density at radius 3 is 1.95 bits per heavy atom. The minimum Gasteiger partial charge on any atom is -0.0876 e. The van der Waals surface area contributed by atoms with Crippen molar-refractivity contribution in [2.24, 2.45) is 5.92 Å². The summed E-state index contributed by atoms with van der Waals surface area (Å²) >= 11 is 3.65. The van der Waals surface area contributed by atoms with Crippen molar-refractivity contribution >= 4 is 15.9 Å². The first-order valence-corrected chi connectivity index (χ1v) is 8.34. The van der Waals surface area contributed by atoms with E-state index in [1.165, 1.54) is 22.3 Å². The van der Waals surface area contributed by atoms with Gasteiger partial charge in [0.1, 0.15) is 0 Å². The molecule has 1 rings (SSSR count). The third-order valence-electron chi connectivity index (χ3n) is 4.66. The van der Waals surface area contributed by atoms with E-state index in [1.807, 2.05) is 0 Å². The van der Waals surface area contributed by atoms with Crippen LogP contribution in [0.15, 0.2) is 12.1 Å². The second kappa shape index (κ2) is 5.60. The first-order chi connectivity index (χ1) is 8.51. The van der Waals surface area contributed by atoms with Crippen molar-refractivity contribution in [1.29, 1.82) is 0 Å². The Labute approximate surface area is 128 Å². The Kier molecular flexibility index (Phi) is 4.93. The number of halogens is 1. The molecule has 0 heterocycles. The van der Waals surface area contributed by atoms with Gasteiger partial charge in [0.15, 0.2) is 0 Å². The largest absolute Gasteiger partial charge is 0.0876 e. The summed E-state index contributed by atoms with van der Waals surface area (Å²) in [6.07, 6.45) is 0. The van der Waals surface area contributed by atoms with Gasteiger partial charge in [0, 0.05) is 5.33 Å². The van der Waals surface area contributed by atoms with Crippen molar-refractivity contribution in [1.82, 2.24) is 0 Å². The van der Waals surface area contributed by atoms with Gasteiger partial charge in [-0.1, -0.05) is 76.5 Å². The van der Waals surface area contributed by atoms with Crippen molar-refractivity contribution in [2.75, 3.05) is 0 Å². The van der Waals surface area contributed by atoms with Crippen LogP contribution in [0.3, 0.4) is 0 Å². The summed E-state index contributed by atoms with van der Waals surface area (Å²) in [6, 6.07) is 4.80. The normalized spacial score (nSPS) is 13.2. The smallest absolute Gasteiger partial charge is 0.0285 e. The van der Waals surface area contributed by atoms with Gasteiger partial charge >= 0.3 is 0 Å². The highest BCUT2D eigenvalue weighted by Gasteiger charge is 2.29. The number of benzene rings is 1. The minimum absolute atomic E-state index is 0.201. The number of alkyl halides is 1. The number of hydrogen-bond acceptors (Lipinski definition) is 0. The first-order valence-electron chi connectivity index (χ1n) is 7.22. The Hall–Kier alpha value is -0.300. The maximum atomic E-state index is 3.65. The van der Waals surface area contributed by atoms with Gasteiger partial charge < -0.3 is 0 Å². The molecule has 19 heavy (non-hydrogen) atoms. The molecule has 0 bridgehead atoms. The summed E-state index contributed by atoms with van der Waals surface area (Å²) in [7, 11) is 0. The maximum absolute atomic E-state index is 3.65. The van der Waals surface area contributed by atoms with E-state index < -0.39 is 0 Å². The lowest BCUT2D eigenvalue weighted by atomic mass is 9.71. The Bertz CT molecular complexity index is 447. The molecular formula is C18H29Br.